The molecule has 0 radical (unpaired) electrons. The maximum Gasteiger partial charge on any atom is 0.246 e. The molecular formula is C13H16N4O. The minimum Gasteiger partial charge on any atom is -0.357 e. The third kappa shape index (κ3) is 3.10. The Bertz CT molecular complexity index is 521. The second kappa shape index (κ2) is 5.35. The van der Waals surface area contributed by atoms with Crippen molar-refractivity contribution in [2.75, 3.05) is 10.6 Å². The molecule has 0 saturated heterocycles. The maximum absolute atomic E-state index is 11.9. The summed E-state index contributed by atoms with van der Waals surface area (Å²) in [5, 5.41) is 10.0. The Morgan fingerprint density at radius 1 is 1.28 bits per heavy atom. The third-order valence-electron chi connectivity index (χ3n) is 2.51. The summed E-state index contributed by atoms with van der Waals surface area (Å²) in [6.07, 6.45) is 1.82. The lowest BCUT2D eigenvalue weighted by molar-refractivity contribution is -0.116. The van der Waals surface area contributed by atoms with Gasteiger partial charge in [-0.3, -0.25) is 9.48 Å². The van der Waals surface area contributed by atoms with Crippen molar-refractivity contribution in [1.82, 2.24) is 9.78 Å². The van der Waals surface area contributed by atoms with E-state index in [2.05, 4.69) is 15.7 Å². The number of aromatic nitrogens is 2. The summed E-state index contributed by atoms with van der Waals surface area (Å²) in [5.41, 5.74) is 0.789. The van der Waals surface area contributed by atoms with Gasteiger partial charge in [0.05, 0.1) is 0 Å². The number of nitrogens with zero attached hydrogens (tertiary/aromatic N) is 2. The van der Waals surface area contributed by atoms with Gasteiger partial charge in [-0.25, -0.2) is 0 Å². The molecule has 1 aromatic carbocycles. The smallest absolute Gasteiger partial charge is 0.246 e. The number of carbonyl (C=O) groups is 1. The van der Waals surface area contributed by atoms with Crippen molar-refractivity contribution in [2.24, 2.45) is 7.05 Å². The van der Waals surface area contributed by atoms with E-state index in [0.717, 1.165) is 5.69 Å². The number of carbonyl (C=O) groups excluding carboxylic acids is 1. The average molecular weight is 244 g/mol. The summed E-state index contributed by atoms with van der Waals surface area (Å²) in [4.78, 5) is 11.9. The molecule has 2 rings (SSSR count). The average Bonchev–Trinajstić information content (AvgIpc) is 2.76. The number of hydrogen-bond acceptors (Lipinski definition) is 3. The van der Waals surface area contributed by atoms with Crippen LogP contribution in [-0.4, -0.2) is 21.7 Å². The zero-order chi connectivity index (χ0) is 13.0. The molecule has 1 atom stereocenters. The zero-order valence-corrected chi connectivity index (χ0v) is 10.4. The Balaban J connectivity index is 1.93. The van der Waals surface area contributed by atoms with Crippen molar-refractivity contribution in [2.45, 2.75) is 13.0 Å². The summed E-state index contributed by atoms with van der Waals surface area (Å²) in [6.45, 7) is 1.80. The van der Waals surface area contributed by atoms with E-state index in [1.54, 1.807) is 11.6 Å². The van der Waals surface area contributed by atoms with E-state index in [9.17, 15) is 4.79 Å². The molecule has 5 nitrogen and oxygen atoms in total. The van der Waals surface area contributed by atoms with Crippen LogP contribution in [-0.2, 0) is 11.8 Å². The highest BCUT2D eigenvalue weighted by atomic mass is 16.2. The van der Waals surface area contributed by atoms with Crippen LogP contribution in [0.3, 0.4) is 0 Å². The Kier molecular flexibility index (Phi) is 3.62. The fourth-order valence-corrected chi connectivity index (χ4v) is 1.55. The first-order valence-corrected chi connectivity index (χ1v) is 5.77. The van der Waals surface area contributed by atoms with E-state index in [1.165, 1.54) is 0 Å². The molecule has 5 heteroatoms. The van der Waals surface area contributed by atoms with Crippen LogP contribution >= 0.6 is 0 Å². The molecule has 18 heavy (non-hydrogen) atoms. The Morgan fingerprint density at radius 3 is 2.61 bits per heavy atom. The Morgan fingerprint density at radius 2 is 2.00 bits per heavy atom. The first-order valence-electron chi connectivity index (χ1n) is 5.77. The number of aryl methyl sites for hydroxylation is 1. The lowest BCUT2D eigenvalue weighted by Gasteiger charge is -2.13. The molecule has 1 unspecified atom stereocenters. The topological polar surface area (TPSA) is 59.0 Å². The van der Waals surface area contributed by atoms with Crippen molar-refractivity contribution in [3.8, 4) is 0 Å². The highest BCUT2D eigenvalue weighted by molar-refractivity contribution is 5.96. The van der Waals surface area contributed by atoms with Gasteiger partial charge in [0.1, 0.15) is 11.9 Å². The van der Waals surface area contributed by atoms with Gasteiger partial charge in [-0.2, -0.15) is 5.10 Å². The lowest BCUT2D eigenvalue weighted by atomic mass is 10.2. The summed E-state index contributed by atoms with van der Waals surface area (Å²) < 4.78 is 1.68. The standard InChI is InChI=1S/C13H16N4O/c1-10(14-12-8-9-17(2)16-12)13(18)15-11-6-4-3-5-7-11/h3-10H,1-2H3,(H,14,16)(H,15,18). The number of benzene rings is 1. The molecule has 1 heterocycles. The van der Waals surface area contributed by atoms with Crippen LogP contribution in [0.25, 0.3) is 0 Å². The fourth-order valence-electron chi connectivity index (χ4n) is 1.55. The van der Waals surface area contributed by atoms with Gasteiger partial charge in [-0.15, -0.1) is 0 Å². The number of anilines is 2. The number of hydrogen-bond donors (Lipinski definition) is 2. The van der Waals surface area contributed by atoms with Crippen LogP contribution in [0.2, 0.25) is 0 Å². The van der Waals surface area contributed by atoms with Crippen molar-refractivity contribution in [3.05, 3.63) is 42.6 Å². The normalized spacial score (nSPS) is 11.9. The molecule has 0 bridgehead atoms. The molecule has 94 valence electrons. The van der Waals surface area contributed by atoms with Crippen molar-refractivity contribution in [1.29, 1.82) is 0 Å². The van der Waals surface area contributed by atoms with Crippen LogP contribution in [0.4, 0.5) is 11.5 Å². The summed E-state index contributed by atoms with van der Waals surface area (Å²) in [6, 6.07) is 10.9. The van der Waals surface area contributed by atoms with Gasteiger partial charge in [0.25, 0.3) is 0 Å². The van der Waals surface area contributed by atoms with E-state index in [-0.39, 0.29) is 11.9 Å². The van der Waals surface area contributed by atoms with Gasteiger partial charge < -0.3 is 10.6 Å². The maximum atomic E-state index is 11.9. The SMILES string of the molecule is CC(Nc1ccn(C)n1)C(=O)Nc1ccccc1. The Labute approximate surface area is 106 Å². The molecule has 2 aromatic rings. The molecule has 1 amide bonds. The number of rotatable bonds is 4. The monoisotopic (exact) mass is 244 g/mol. The van der Waals surface area contributed by atoms with E-state index in [0.29, 0.717) is 5.82 Å². The van der Waals surface area contributed by atoms with Crippen LogP contribution < -0.4 is 10.6 Å². The summed E-state index contributed by atoms with van der Waals surface area (Å²) in [5.74, 6) is 0.597. The van der Waals surface area contributed by atoms with Gasteiger partial charge >= 0.3 is 0 Å². The van der Waals surface area contributed by atoms with Crippen LogP contribution in [0, 0.1) is 0 Å². The molecular weight excluding hydrogens is 228 g/mol. The predicted octanol–water partition coefficient (Wildman–Crippen LogP) is 1.86. The molecule has 0 aliphatic rings. The largest absolute Gasteiger partial charge is 0.357 e. The fraction of sp³-hybridized carbons (Fsp3) is 0.231. The molecule has 0 spiro atoms. The van der Waals surface area contributed by atoms with E-state index >= 15 is 0 Å². The molecule has 0 saturated carbocycles. The highest BCUT2D eigenvalue weighted by Gasteiger charge is 2.13. The van der Waals surface area contributed by atoms with Gasteiger partial charge in [0.15, 0.2) is 0 Å². The zero-order valence-electron chi connectivity index (χ0n) is 10.4. The van der Waals surface area contributed by atoms with Crippen molar-refractivity contribution < 1.29 is 4.79 Å². The molecule has 0 fully saturated rings. The number of para-hydroxylation sites is 1. The van der Waals surface area contributed by atoms with Gasteiger partial charge in [-0.05, 0) is 19.1 Å². The van der Waals surface area contributed by atoms with Crippen molar-refractivity contribution in [3.63, 3.8) is 0 Å². The van der Waals surface area contributed by atoms with Gasteiger partial charge in [-0.1, -0.05) is 18.2 Å². The molecule has 0 aliphatic heterocycles. The van der Waals surface area contributed by atoms with Gasteiger partial charge in [0.2, 0.25) is 5.91 Å². The van der Waals surface area contributed by atoms with E-state index in [1.807, 2.05) is 49.6 Å². The van der Waals surface area contributed by atoms with E-state index < -0.39 is 0 Å². The summed E-state index contributed by atoms with van der Waals surface area (Å²) in [7, 11) is 1.83. The lowest BCUT2D eigenvalue weighted by Crippen LogP contribution is -2.32. The minimum absolute atomic E-state index is 0.0909. The van der Waals surface area contributed by atoms with Crippen LogP contribution in [0.15, 0.2) is 42.6 Å². The highest BCUT2D eigenvalue weighted by Crippen LogP contribution is 2.08. The second-order valence-electron chi connectivity index (χ2n) is 4.10. The van der Waals surface area contributed by atoms with E-state index in [4.69, 9.17) is 0 Å². The quantitative estimate of drug-likeness (QED) is 0.863. The minimum atomic E-state index is -0.347. The molecule has 2 N–H and O–H groups in total. The van der Waals surface area contributed by atoms with Crippen LogP contribution in [0.5, 0.6) is 0 Å². The summed E-state index contributed by atoms with van der Waals surface area (Å²) >= 11 is 0. The number of nitrogens with one attached hydrogen (secondary N) is 2. The first-order chi connectivity index (χ1) is 8.65. The van der Waals surface area contributed by atoms with Crippen molar-refractivity contribution >= 4 is 17.4 Å². The predicted molar refractivity (Wildman–Crippen MR) is 71.4 cm³/mol. The number of amides is 1. The Hall–Kier alpha value is -2.30. The van der Waals surface area contributed by atoms with Crippen LogP contribution in [0.1, 0.15) is 6.92 Å². The molecule has 1 aromatic heterocycles. The molecule has 0 aliphatic carbocycles. The second-order valence-corrected chi connectivity index (χ2v) is 4.10. The van der Waals surface area contributed by atoms with Gasteiger partial charge in [0, 0.05) is 25.0 Å². The first kappa shape index (κ1) is 12.2. The third-order valence-corrected chi connectivity index (χ3v) is 2.51.